The normalized spacial score (nSPS) is 28.3. The molecule has 1 N–H and O–H groups in total. The Hall–Kier alpha value is -2.56. The Labute approximate surface area is 192 Å². The SMILES string of the molecule is CN1CCC(NC(=O)C23CN(c4ccc(C(F)(F)F)c5ncccc45)CC2(C(F)(F)F)C3)CC1. The van der Waals surface area contributed by atoms with Gasteiger partial charge >= 0.3 is 12.4 Å². The third-order valence-corrected chi connectivity index (χ3v) is 7.74. The quantitative estimate of drug-likeness (QED) is 0.661. The molecule has 1 aromatic heterocycles. The molecule has 1 saturated carbocycles. The van der Waals surface area contributed by atoms with Crippen LogP contribution in [0.2, 0.25) is 0 Å². The van der Waals surface area contributed by atoms with Gasteiger partial charge < -0.3 is 15.1 Å². The number of aromatic nitrogens is 1. The van der Waals surface area contributed by atoms with Crippen LogP contribution in [-0.2, 0) is 11.0 Å². The number of hydrogen-bond donors (Lipinski definition) is 1. The number of likely N-dealkylation sites (tertiary alicyclic amines) is 1. The number of anilines is 1. The van der Waals surface area contributed by atoms with Crippen LogP contribution in [0.25, 0.3) is 10.9 Å². The molecular formula is C23H24F6N4O. The summed E-state index contributed by atoms with van der Waals surface area (Å²) >= 11 is 0. The van der Waals surface area contributed by atoms with E-state index in [2.05, 4.69) is 15.2 Å². The van der Waals surface area contributed by atoms with Gasteiger partial charge in [-0.15, -0.1) is 0 Å². The molecule has 5 nitrogen and oxygen atoms in total. The Balaban J connectivity index is 1.48. The largest absolute Gasteiger partial charge is 0.418 e. The number of halogens is 6. The van der Waals surface area contributed by atoms with Crippen LogP contribution in [0.3, 0.4) is 0 Å². The highest BCUT2D eigenvalue weighted by Crippen LogP contribution is 2.75. The summed E-state index contributed by atoms with van der Waals surface area (Å²) < 4.78 is 83.2. The number of nitrogens with zero attached hydrogens (tertiary/aromatic N) is 3. The van der Waals surface area contributed by atoms with Gasteiger partial charge in [-0.3, -0.25) is 9.78 Å². The Kier molecular flexibility index (Phi) is 5.09. The first-order chi connectivity index (χ1) is 15.9. The van der Waals surface area contributed by atoms with Gasteiger partial charge in [0.15, 0.2) is 0 Å². The predicted octanol–water partition coefficient (Wildman–Crippen LogP) is 4.22. The van der Waals surface area contributed by atoms with Crippen molar-refractivity contribution in [1.82, 2.24) is 15.2 Å². The van der Waals surface area contributed by atoms with Crippen molar-refractivity contribution in [3.8, 4) is 0 Å². The standard InChI is InChI=1S/C23H24F6N4O/c1-32-9-6-14(7-10-32)31-19(34)20-11-21(20,23(27,28)29)13-33(12-20)17-5-4-16(22(24,25)26)18-15(17)3-2-8-30-18/h2-5,8,14H,6-7,9-13H2,1H3,(H,31,34). The van der Waals surface area contributed by atoms with E-state index in [1.54, 1.807) is 0 Å². The van der Waals surface area contributed by atoms with Crippen molar-refractivity contribution in [2.75, 3.05) is 38.1 Å². The highest BCUT2D eigenvalue weighted by Gasteiger charge is 2.86. The first-order valence-corrected chi connectivity index (χ1v) is 11.1. The summed E-state index contributed by atoms with van der Waals surface area (Å²) in [5, 5.41) is 2.96. The maximum absolute atomic E-state index is 14.3. The molecule has 3 fully saturated rings. The van der Waals surface area contributed by atoms with Gasteiger partial charge in [-0.25, -0.2) is 0 Å². The third-order valence-electron chi connectivity index (χ3n) is 7.74. The van der Waals surface area contributed by atoms with Crippen molar-refractivity contribution < 1.29 is 31.1 Å². The zero-order chi connectivity index (χ0) is 24.5. The molecule has 2 unspecified atom stereocenters. The minimum absolute atomic E-state index is 0.113. The molecule has 2 aromatic rings. The maximum atomic E-state index is 14.3. The Morgan fingerprint density at radius 2 is 1.79 bits per heavy atom. The maximum Gasteiger partial charge on any atom is 0.418 e. The lowest BCUT2D eigenvalue weighted by molar-refractivity contribution is -0.191. The first-order valence-electron chi connectivity index (χ1n) is 11.1. The summed E-state index contributed by atoms with van der Waals surface area (Å²) in [7, 11) is 1.95. The fourth-order valence-electron chi connectivity index (χ4n) is 5.73. The molecule has 184 valence electrons. The molecule has 3 heterocycles. The minimum Gasteiger partial charge on any atom is -0.369 e. The van der Waals surface area contributed by atoms with Gasteiger partial charge in [-0.1, -0.05) is 0 Å². The molecule has 0 spiro atoms. The number of rotatable bonds is 3. The molecule has 2 saturated heterocycles. The number of nitrogens with one attached hydrogen (secondary N) is 1. The van der Waals surface area contributed by atoms with Crippen LogP contribution in [-0.4, -0.2) is 61.2 Å². The molecule has 1 amide bonds. The number of pyridine rings is 1. The highest BCUT2D eigenvalue weighted by atomic mass is 19.4. The van der Waals surface area contributed by atoms with Crippen LogP contribution in [0.15, 0.2) is 30.5 Å². The molecule has 5 rings (SSSR count). The lowest BCUT2D eigenvalue weighted by Crippen LogP contribution is -2.48. The number of amides is 1. The molecule has 2 aliphatic heterocycles. The lowest BCUT2D eigenvalue weighted by atomic mass is 9.93. The molecule has 1 aliphatic carbocycles. The van der Waals surface area contributed by atoms with Gasteiger partial charge in [0.25, 0.3) is 0 Å². The summed E-state index contributed by atoms with van der Waals surface area (Å²) in [5.41, 5.74) is -4.91. The summed E-state index contributed by atoms with van der Waals surface area (Å²) in [6.45, 7) is 0.811. The molecule has 11 heteroatoms. The van der Waals surface area contributed by atoms with Crippen molar-refractivity contribution in [1.29, 1.82) is 0 Å². The number of carbonyl (C=O) groups excluding carboxylic acids is 1. The second-order valence-corrected chi connectivity index (χ2v) is 9.78. The van der Waals surface area contributed by atoms with E-state index in [-0.39, 0.29) is 35.6 Å². The smallest absolute Gasteiger partial charge is 0.369 e. The van der Waals surface area contributed by atoms with Gasteiger partial charge in [0.1, 0.15) is 5.41 Å². The van der Waals surface area contributed by atoms with Gasteiger partial charge in [-0.2, -0.15) is 26.3 Å². The zero-order valence-electron chi connectivity index (χ0n) is 18.4. The van der Waals surface area contributed by atoms with Crippen LogP contribution in [0.5, 0.6) is 0 Å². The number of fused-ring (bicyclic) bond motifs is 2. The van der Waals surface area contributed by atoms with Gasteiger partial charge in [0, 0.05) is 36.4 Å². The van der Waals surface area contributed by atoms with E-state index in [0.29, 0.717) is 12.8 Å². The second kappa shape index (κ2) is 7.47. The first kappa shape index (κ1) is 23.2. The van der Waals surface area contributed by atoms with Crippen molar-refractivity contribution >= 4 is 22.5 Å². The average Bonchev–Trinajstić information content (AvgIpc) is 3.31. The third kappa shape index (κ3) is 3.42. The van der Waals surface area contributed by atoms with E-state index in [0.717, 1.165) is 19.2 Å². The fourth-order valence-corrected chi connectivity index (χ4v) is 5.73. The van der Waals surface area contributed by atoms with Crippen molar-refractivity contribution in [3.63, 3.8) is 0 Å². The molecule has 0 radical (unpaired) electrons. The van der Waals surface area contributed by atoms with E-state index in [9.17, 15) is 31.1 Å². The van der Waals surface area contributed by atoms with E-state index in [4.69, 9.17) is 0 Å². The average molecular weight is 486 g/mol. The second-order valence-electron chi connectivity index (χ2n) is 9.78. The van der Waals surface area contributed by atoms with E-state index in [1.165, 1.54) is 29.3 Å². The Bertz CT molecular complexity index is 1130. The van der Waals surface area contributed by atoms with Gasteiger partial charge in [-0.05, 0) is 63.7 Å². The van der Waals surface area contributed by atoms with Gasteiger partial charge in [0.2, 0.25) is 5.91 Å². The molecule has 3 aliphatic rings. The van der Waals surface area contributed by atoms with Crippen LogP contribution in [0, 0.1) is 10.8 Å². The number of benzene rings is 1. The number of alkyl halides is 6. The Morgan fingerprint density at radius 3 is 2.44 bits per heavy atom. The van der Waals surface area contributed by atoms with Crippen LogP contribution >= 0.6 is 0 Å². The van der Waals surface area contributed by atoms with Crippen LogP contribution < -0.4 is 10.2 Å². The number of hydrogen-bond acceptors (Lipinski definition) is 4. The summed E-state index contributed by atoms with van der Waals surface area (Å²) in [4.78, 5) is 20.6. The highest BCUT2D eigenvalue weighted by molar-refractivity contribution is 5.96. The topological polar surface area (TPSA) is 48.5 Å². The van der Waals surface area contributed by atoms with Gasteiger partial charge in [0.05, 0.1) is 16.5 Å². The molecule has 34 heavy (non-hydrogen) atoms. The summed E-state index contributed by atoms with van der Waals surface area (Å²) in [6.07, 6.45) is -7.04. The zero-order valence-corrected chi connectivity index (χ0v) is 18.4. The fraction of sp³-hybridized carbons (Fsp3) is 0.565. The summed E-state index contributed by atoms with van der Waals surface area (Å²) in [6, 6.07) is 4.72. The Morgan fingerprint density at radius 1 is 1.09 bits per heavy atom. The van der Waals surface area contributed by atoms with E-state index >= 15 is 0 Å². The van der Waals surface area contributed by atoms with Crippen LogP contribution in [0.1, 0.15) is 24.8 Å². The van der Waals surface area contributed by atoms with Crippen molar-refractivity contribution in [3.05, 3.63) is 36.0 Å². The van der Waals surface area contributed by atoms with E-state index < -0.39 is 41.2 Å². The summed E-state index contributed by atoms with van der Waals surface area (Å²) in [5.74, 6) is -0.615. The molecule has 2 atom stereocenters. The monoisotopic (exact) mass is 486 g/mol. The number of carbonyl (C=O) groups is 1. The van der Waals surface area contributed by atoms with Crippen molar-refractivity contribution in [2.45, 2.75) is 37.7 Å². The predicted molar refractivity (Wildman–Crippen MR) is 113 cm³/mol. The van der Waals surface area contributed by atoms with Crippen LogP contribution in [0.4, 0.5) is 32.0 Å². The lowest BCUT2D eigenvalue weighted by Gasteiger charge is -2.31. The van der Waals surface area contributed by atoms with Crippen molar-refractivity contribution in [2.24, 2.45) is 10.8 Å². The minimum atomic E-state index is -4.65. The number of piperidine rings is 2. The molecule has 0 bridgehead atoms. The molecule has 1 aromatic carbocycles. The molecular weight excluding hydrogens is 462 g/mol. The van der Waals surface area contributed by atoms with E-state index in [1.807, 2.05) is 7.05 Å².